The summed E-state index contributed by atoms with van der Waals surface area (Å²) in [6.07, 6.45) is 2.62. The highest BCUT2D eigenvalue weighted by molar-refractivity contribution is 6.31. The van der Waals surface area contributed by atoms with Crippen LogP contribution < -0.4 is 10.1 Å². The molecule has 1 amide bonds. The minimum atomic E-state index is -0.484. The number of carbonyl (C=O) groups excluding carboxylic acids is 1. The van der Waals surface area contributed by atoms with E-state index in [4.69, 9.17) is 27.9 Å². The van der Waals surface area contributed by atoms with Gasteiger partial charge in [-0.3, -0.25) is 4.79 Å². The molecule has 1 fully saturated rings. The molecule has 6 heteroatoms. The van der Waals surface area contributed by atoms with Crippen molar-refractivity contribution in [3.8, 4) is 5.75 Å². The predicted octanol–water partition coefficient (Wildman–Crippen LogP) is 6.50. The van der Waals surface area contributed by atoms with Crippen LogP contribution in [0.25, 0.3) is 0 Å². The summed E-state index contributed by atoms with van der Waals surface area (Å²) in [5.41, 5.74) is 3.13. The average molecular weight is 484 g/mol. The van der Waals surface area contributed by atoms with Gasteiger partial charge >= 0.3 is 0 Å². The Morgan fingerprint density at radius 3 is 2.45 bits per heavy atom. The lowest BCUT2D eigenvalue weighted by Gasteiger charge is -2.28. The monoisotopic (exact) mass is 483 g/mol. The Labute approximate surface area is 204 Å². The van der Waals surface area contributed by atoms with Crippen LogP contribution >= 0.6 is 23.2 Å². The van der Waals surface area contributed by atoms with Crippen molar-refractivity contribution >= 4 is 29.1 Å². The molecule has 3 unspecified atom stereocenters. The maximum absolute atomic E-state index is 12.8. The number of aliphatic hydroxyl groups is 1. The van der Waals surface area contributed by atoms with Gasteiger partial charge in [-0.05, 0) is 67.3 Å². The van der Waals surface area contributed by atoms with E-state index in [1.807, 2.05) is 61.5 Å². The molecule has 0 spiro atoms. The predicted molar refractivity (Wildman–Crippen MR) is 132 cm³/mol. The van der Waals surface area contributed by atoms with E-state index in [2.05, 4.69) is 5.32 Å². The highest BCUT2D eigenvalue weighted by Gasteiger charge is 2.25. The first-order chi connectivity index (χ1) is 15.9. The van der Waals surface area contributed by atoms with Gasteiger partial charge < -0.3 is 15.2 Å². The molecule has 0 saturated heterocycles. The summed E-state index contributed by atoms with van der Waals surface area (Å²) >= 11 is 12.6. The Hall–Kier alpha value is -2.53. The summed E-state index contributed by atoms with van der Waals surface area (Å²) in [5.74, 6) is 0.472. The number of carbonyl (C=O) groups is 1. The van der Waals surface area contributed by atoms with Crippen molar-refractivity contribution in [3.05, 3.63) is 99.0 Å². The van der Waals surface area contributed by atoms with Crippen molar-refractivity contribution in [2.75, 3.05) is 0 Å². The van der Waals surface area contributed by atoms with Gasteiger partial charge in [-0.15, -0.1) is 0 Å². The molecule has 3 atom stereocenters. The van der Waals surface area contributed by atoms with Crippen LogP contribution in [-0.2, 0) is 0 Å². The zero-order chi connectivity index (χ0) is 23.4. The van der Waals surface area contributed by atoms with Crippen LogP contribution in [0.2, 0.25) is 10.0 Å². The van der Waals surface area contributed by atoms with E-state index in [1.165, 1.54) is 0 Å². The number of aryl methyl sites for hydroxylation is 1. The summed E-state index contributed by atoms with van der Waals surface area (Å²) < 4.78 is 6.44. The molecule has 1 saturated carbocycles. The van der Waals surface area contributed by atoms with Crippen molar-refractivity contribution in [1.82, 2.24) is 5.32 Å². The van der Waals surface area contributed by atoms with E-state index < -0.39 is 12.2 Å². The molecule has 1 aliphatic carbocycles. The summed E-state index contributed by atoms with van der Waals surface area (Å²) in [5, 5.41) is 14.4. The topological polar surface area (TPSA) is 58.6 Å². The zero-order valence-electron chi connectivity index (χ0n) is 18.4. The second kappa shape index (κ2) is 10.6. The second-order valence-corrected chi connectivity index (χ2v) is 9.33. The molecule has 0 radical (unpaired) electrons. The molecule has 172 valence electrons. The van der Waals surface area contributed by atoms with E-state index >= 15 is 0 Å². The summed E-state index contributed by atoms with van der Waals surface area (Å²) in [6.45, 7) is 1.91. The molecule has 0 aliphatic heterocycles. The quantitative estimate of drug-likeness (QED) is 0.420. The minimum absolute atomic E-state index is 0.184. The van der Waals surface area contributed by atoms with Crippen LogP contribution in [0.5, 0.6) is 5.75 Å². The number of rotatable bonds is 6. The van der Waals surface area contributed by atoms with Gasteiger partial charge in [0.25, 0.3) is 5.91 Å². The fraction of sp³-hybridized carbons (Fsp3) is 0.296. The molecule has 1 aliphatic rings. The van der Waals surface area contributed by atoms with Crippen LogP contribution in [0, 0.1) is 6.92 Å². The van der Waals surface area contributed by atoms with Crippen molar-refractivity contribution < 1.29 is 14.6 Å². The van der Waals surface area contributed by atoms with E-state index in [0.29, 0.717) is 21.4 Å². The minimum Gasteiger partial charge on any atom is -0.481 e. The van der Waals surface area contributed by atoms with Crippen LogP contribution in [0.15, 0.2) is 66.7 Å². The number of ether oxygens (including phenoxy) is 1. The second-order valence-electron chi connectivity index (χ2n) is 8.48. The lowest BCUT2D eigenvalue weighted by atomic mass is 9.92. The van der Waals surface area contributed by atoms with Crippen molar-refractivity contribution in [3.63, 3.8) is 0 Å². The van der Waals surface area contributed by atoms with Gasteiger partial charge in [0, 0.05) is 21.2 Å². The van der Waals surface area contributed by atoms with Gasteiger partial charge in [0.1, 0.15) is 5.75 Å². The standard InChI is InChI=1S/C27H27Cl2NO3/c1-17-16-19(27(32)30-23-8-4-5-9-24(23)31)12-15-25(17)33-26(18-10-13-20(28)14-11-18)21-6-2-3-7-22(21)29/h2-3,6-7,10-16,23-24,26,31H,4-5,8-9H2,1H3,(H,30,32). The Morgan fingerprint density at radius 2 is 1.76 bits per heavy atom. The lowest BCUT2D eigenvalue weighted by Crippen LogP contribution is -2.45. The van der Waals surface area contributed by atoms with E-state index in [9.17, 15) is 9.90 Å². The normalized spacial score (nSPS) is 19.0. The van der Waals surface area contributed by atoms with Gasteiger partial charge in [-0.2, -0.15) is 0 Å². The third-order valence-corrected chi connectivity index (χ3v) is 6.68. The summed E-state index contributed by atoms with van der Waals surface area (Å²) in [7, 11) is 0. The SMILES string of the molecule is Cc1cc(C(=O)NC2CCCCC2O)ccc1OC(c1ccc(Cl)cc1)c1ccccc1Cl. The van der Waals surface area contributed by atoms with Gasteiger partial charge in [-0.1, -0.05) is 66.4 Å². The maximum Gasteiger partial charge on any atom is 0.251 e. The molecule has 3 aromatic carbocycles. The summed E-state index contributed by atoms with van der Waals surface area (Å²) in [4.78, 5) is 12.8. The Kier molecular flexibility index (Phi) is 7.59. The highest BCUT2D eigenvalue weighted by atomic mass is 35.5. The van der Waals surface area contributed by atoms with Crippen LogP contribution in [0.4, 0.5) is 0 Å². The maximum atomic E-state index is 12.8. The fourth-order valence-corrected chi connectivity index (χ4v) is 4.58. The number of hydrogen-bond donors (Lipinski definition) is 2. The first-order valence-corrected chi connectivity index (χ1v) is 11.9. The Balaban J connectivity index is 1.57. The molecule has 3 aromatic rings. The van der Waals surface area contributed by atoms with E-state index in [-0.39, 0.29) is 11.9 Å². The van der Waals surface area contributed by atoms with E-state index in [0.717, 1.165) is 42.4 Å². The number of halogens is 2. The molecule has 33 heavy (non-hydrogen) atoms. The molecule has 2 N–H and O–H groups in total. The third kappa shape index (κ3) is 5.70. The van der Waals surface area contributed by atoms with Crippen molar-refractivity contribution in [2.45, 2.75) is 50.9 Å². The van der Waals surface area contributed by atoms with Gasteiger partial charge in [0.2, 0.25) is 0 Å². The first-order valence-electron chi connectivity index (χ1n) is 11.2. The van der Waals surface area contributed by atoms with Crippen molar-refractivity contribution in [1.29, 1.82) is 0 Å². The number of amides is 1. The smallest absolute Gasteiger partial charge is 0.251 e. The van der Waals surface area contributed by atoms with Crippen LogP contribution in [-0.4, -0.2) is 23.2 Å². The Bertz CT molecular complexity index is 1120. The highest BCUT2D eigenvalue weighted by Crippen LogP contribution is 2.34. The molecule has 0 aromatic heterocycles. The van der Waals surface area contributed by atoms with Crippen LogP contribution in [0.1, 0.15) is 58.8 Å². The molecule has 0 bridgehead atoms. The average Bonchev–Trinajstić information content (AvgIpc) is 2.81. The third-order valence-electron chi connectivity index (χ3n) is 6.09. The number of nitrogens with one attached hydrogen (secondary N) is 1. The van der Waals surface area contributed by atoms with E-state index in [1.54, 1.807) is 12.1 Å². The molecular weight excluding hydrogens is 457 g/mol. The zero-order valence-corrected chi connectivity index (χ0v) is 19.9. The lowest BCUT2D eigenvalue weighted by molar-refractivity contribution is 0.0717. The van der Waals surface area contributed by atoms with Gasteiger partial charge in [-0.25, -0.2) is 0 Å². The number of aliphatic hydroxyl groups excluding tert-OH is 1. The fourth-order valence-electron chi connectivity index (χ4n) is 4.22. The van der Waals surface area contributed by atoms with Crippen molar-refractivity contribution in [2.24, 2.45) is 0 Å². The Morgan fingerprint density at radius 1 is 1.03 bits per heavy atom. The van der Waals surface area contributed by atoms with Gasteiger partial charge in [0.15, 0.2) is 6.10 Å². The molecule has 4 nitrogen and oxygen atoms in total. The summed E-state index contributed by atoms with van der Waals surface area (Å²) in [6, 6.07) is 20.2. The molecule has 0 heterocycles. The number of hydrogen-bond acceptors (Lipinski definition) is 3. The largest absolute Gasteiger partial charge is 0.481 e. The molecular formula is C27H27Cl2NO3. The molecule has 4 rings (SSSR count). The first kappa shape index (κ1) is 23.6. The van der Waals surface area contributed by atoms with Crippen LogP contribution in [0.3, 0.4) is 0 Å². The van der Waals surface area contributed by atoms with Gasteiger partial charge in [0.05, 0.1) is 12.1 Å². The number of benzene rings is 3.